The molecule has 1 aliphatic carbocycles. The Kier molecular flexibility index (Phi) is 5.87. The first-order chi connectivity index (χ1) is 11.1. The summed E-state index contributed by atoms with van der Waals surface area (Å²) in [5.41, 5.74) is 9.22. The van der Waals surface area contributed by atoms with Crippen molar-refractivity contribution in [1.29, 1.82) is 0 Å². The highest BCUT2D eigenvalue weighted by Crippen LogP contribution is 2.43. The van der Waals surface area contributed by atoms with Crippen molar-refractivity contribution < 1.29 is 0 Å². The summed E-state index contributed by atoms with van der Waals surface area (Å²) in [5.74, 6) is 0. The lowest BCUT2D eigenvalue weighted by molar-refractivity contribution is 0.746. The molecule has 0 unspecified atom stereocenters. The van der Waals surface area contributed by atoms with Crippen molar-refractivity contribution >= 4 is 5.69 Å². The highest BCUT2D eigenvalue weighted by molar-refractivity contribution is 5.75. The molecule has 1 aromatic rings. The highest BCUT2D eigenvalue weighted by atomic mass is 15.2. The first-order valence-electron chi connectivity index (χ1n) is 9.12. The SMILES string of the molecule is C=C1C(=C)C(N2CCCCc3ccc(CCC)cc32)=C1C.CC. The van der Waals surface area contributed by atoms with E-state index in [9.17, 15) is 0 Å². The fourth-order valence-electron chi connectivity index (χ4n) is 3.50. The van der Waals surface area contributed by atoms with Crippen LogP contribution in [0.4, 0.5) is 5.69 Å². The van der Waals surface area contributed by atoms with Gasteiger partial charge < -0.3 is 4.90 Å². The molecule has 0 bridgehead atoms. The van der Waals surface area contributed by atoms with E-state index in [1.54, 1.807) is 0 Å². The van der Waals surface area contributed by atoms with E-state index in [0.29, 0.717) is 0 Å². The van der Waals surface area contributed by atoms with Crippen LogP contribution in [0.15, 0.2) is 53.8 Å². The second-order valence-electron chi connectivity index (χ2n) is 6.25. The van der Waals surface area contributed by atoms with Crippen LogP contribution in [0.2, 0.25) is 0 Å². The molecule has 0 N–H and O–H groups in total. The first-order valence-corrected chi connectivity index (χ1v) is 9.12. The molecular weight excluding hydrogens is 278 g/mol. The number of anilines is 1. The quantitative estimate of drug-likeness (QED) is 0.641. The zero-order valence-corrected chi connectivity index (χ0v) is 15.3. The second-order valence-corrected chi connectivity index (χ2v) is 6.25. The average molecular weight is 309 g/mol. The summed E-state index contributed by atoms with van der Waals surface area (Å²) < 4.78 is 0. The summed E-state index contributed by atoms with van der Waals surface area (Å²) in [6, 6.07) is 7.05. The Balaban J connectivity index is 0.000000924. The molecule has 3 rings (SSSR count). The van der Waals surface area contributed by atoms with Crippen LogP contribution in [0.5, 0.6) is 0 Å². The van der Waals surface area contributed by atoms with E-state index in [2.05, 4.69) is 50.1 Å². The number of rotatable bonds is 3. The Morgan fingerprint density at radius 3 is 2.48 bits per heavy atom. The summed E-state index contributed by atoms with van der Waals surface area (Å²) in [5, 5.41) is 0. The number of benzene rings is 1. The van der Waals surface area contributed by atoms with Gasteiger partial charge >= 0.3 is 0 Å². The standard InChI is InChI=1S/C20H25N.C2H6/c1-5-8-17-10-11-18-9-6-7-12-21(19(18)13-17)20-15(3)14(2)16(20)4;1-2/h10-11,13H,2-3,5-9,12H2,1,4H3;1-2H3. The first kappa shape index (κ1) is 17.6. The molecule has 0 amide bonds. The number of hydrogen-bond donors (Lipinski definition) is 0. The van der Waals surface area contributed by atoms with Crippen LogP contribution in [-0.2, 0) is 12.8 Å². The van der Waals surface area contributed by atoms with Gasteiger partial charge in [0.05, 0.1) is 5.70 Å². The minimum Gasteiger partial charge on any atom is -0.341 e. The van der Waals surface area contributed by atoms with Crippen molar-refractivity contribution in [2.24, 2.45) is 0 Å². The monoisotopic (exact) mass is 309 g/mol. The van der Waals surface area contributed by atoms with Crippen molar-refractivity contribution in [2.75, 3.05) is 11.4 Å². The lowest BCUT2D eigenvalue weighted by Crippen LogP contribution is -2.30. The Bertz CT molecular complexity index is 633. The number of aryl methyl sites for hydroxylation is 2. The average Bonchev–Trinajstić information content (AvgIpc) is 2.79. The van der Waals surface area contributed by atoms with Crippen LogP contribution in [0.3, 0.4) is 0 Å². The maximum atomic E-state index is 4.21. The van der Waals surface area contributed by atoms with Crippen LogP contribution in [0, 0.1) is 0 Å². The third-order valence-corrected chi connectivity index (χ3v) is 4.78. The zero-order chi connectivity index (χ0) is 17.0. The molecule has 1 aromatic carbocycles. The molecule has 2 aliphatic rings. The van der Waals surface area contributed by atoms with Gasteiger partial charge in [0.1, 0.15) is 0 Å². The molecule has 0 spiro atoms. The van der Waals surface area contributed by atoms with Crippen LogP contribution in [0.25, 0.3) is 0 Å². The van der Waals surface area contributed by atoms with Crippen LogP contribution in [-0.4, -0.2) is 6.54 Å². The predicted octanol–water partition coefficient (Wildman–Crippen LogP) is 6.21. The van der Waals surface area contributed by atoms with E-state index in [1.807, 2.05) is 13.8 Å². The molecule has 23 heavy (non-hydrogen) atoms. The predicted molar refractivity (Wildman–Crippen MR) is 103 cm³/mol. The molecule has 0 atom stereocenters. The molecule has 124 valence electrons. The Morgan fingerprint density at radius 1 is 1.09 bits per heavy atom. The molecule has 1 nitrogen and oxygen atoms in total. The lowest BCUT2D eigenvalue weighted by atomic mass is 9.84. The fourth-order valence-corrected chi connectivity index (χ4v) is 3.50. The largest absolute Gasteiger partial charge is 0.341 e. The summed E-state index contributed by atoms with van der Waals surface area (Å²) in [7, 11) is 0. The third kappa shape index (κ3) is 3.29. The van der Waals surface area contributed by atoms with Gasteiger partial charge in [-0.2, -0.15) is 0 Å². The van der Waals surface area contributed by atoms with Crippen molar-refractivity contribution in [3.05, 3.63) is 64.9 Å². The molecule has 1 heteroatoms. The van der Waals surface area contributed by atoms with Gasteiger partial charge in [-0.05, 0) is 66.5 Å². The van der Waals surface area contributed by atoms with Crippen LogP contribution < -0.4 is 4.90 Å². The number of hydrogen-bond acceptors (Lipinski definition) is 1. The highest BCUT2D eigenvalue weighted by Gasteiger charge is 2.30. The van der Waals surface area contributed by atoms with Gasteiger partial charge in [-0.3, -0.25) is 0 Å². The van der Waals surface area contributed by atoms with Gasteiger partial charge in [0.2, 0.25) is 0 Å². The lowest BCUT2D eigenvalue weighted by Gasteiger charge is -2.37. The van der Waals surface area contributed by atoms with Crippen LogP contribution in [0.1, 0.15) is 58.1 Å². The molecule has 0 radical (unpaired) electrons. The maximum absolute atomic E-state index is 4.21. The maximum Gasteiger partial charge on any atom is 0.0520 e. The molecular formula is C22H31N. The van der Waals surface area contributed by atoms with Crippen molar-refractivity contribution in [3.63, 3.8) is 0 Å². The molecule has 0 saturated carbocycles. The molecule has 0 fully saturated rings. The van der Waals surface area contributed by atoms with Gasteiger partial charge in [-0.15, -0.1) is 0 Å². The fraction of sp³-hybridized carbons (Fsp3) is 0.455. The smallest absolute Gasteiger partial charge is 0.0520 e. The molecule has 0 aromatic heterocycles. The summed E-state index contributed by atoms with van der Waals surface area (Å²) in [6.45, 7) is 17.8. The topological polar surface area (TPSA) is 3.24 Å². The van der Waals surface area contributed by atoms with E-state index in [4.69, 9.17) is 0 Å². The number of allylic oxidation sites excluding steroid dienone is 2. The van der Waals surface area contributed by atoms with Crippen molar-refractivity contribution in [1.82, 2.24) is 0 Å². The Morgan fingerprint density at radius 2 is 1.83 bits per heavy atom. The van der Waals surface area contributed by atoms with E-state index in [0.717, 1.165) is 24.1 Å². The minimum atomic E-state index is 1.10. The van der Waals surface area contributed by atoms with Gasteiger partial charge in [-0.25, -0.2) is 0 Å². The van der Waals surface area contributed by atoms with E-state index >= 15 is 0 Å². The Hall–Kier alpha value is -1.76. The van der Waals surface area contributed by atoms with E-state index in [-0.39, 0.29) is 0 Å². The Labute approximate surface area is 142 Å². The summed E-state index contributed by atoms with van der Waals surface area (Å²) >= 11 is 0. The van der Waals surface area contributed by atoms with Gasteiger partial charge in [0.25, 0.3) is 0 Å². The van der Waals surface area contributed by atoms with Crippen molar-refractivity contribution in [3.8, 4) is 0 Å². The third-order valence-electron chi connectivity index (χ3n) is 4.78. The minimum absolute atomic E-state index is 1.10. The van der Waals surface area contributed by atoms with Crippen molar-refractivity contribution in [2.45, 2.75) is 59.8 Å². The van der Waals surface area contributed by atoms with Gasteiger partial charge in [0.15, 0.2) is 0 Å². The second kappa shape index (κ2) is 7.68. The molecule has 0 saturated heterocycles. The molecule has 1 heterocycles. The zero-order valence-electron chi connectivity index (χ0n) is 15.3. The normalized spacial score (nSPS) is 17.1. The summed E-state index contributed by atoms with van der Waals surface area (Å²) in [4.78, 5) is 2.49. The summed E-state index contributed by atoms with van der Waals surface area (Å²) in [6.07, 6.45) is 6.07. The van der Waals surface area contributed by atoms with E-state index in [1.165, 1.54) is 53.8 Å². The molecule has 1 aliphatic heterocycles. The van der Waals surface area contributed by atoms with Gasteiger partial charge in [0, 0.05) is 12.2 Å². The van der Waals surface area contributed by atoms with E-state index < -0.39 is 0 Å². The van der Waals surface area contributed by atoms with Crippen LogP contribution >= 0.6 is 0 Å². The number of nitrogens with zero attached hydrogens (tertiary/aromatic N) is 1. The number of fused-ring (bicyclic) bond motifs is 1. The van der Waals surface area contributed by atoms with Gasteiger partial charge in [-0.1, -0.05) is 52.5 Å².